The fourth-order valence-corrected chi connectivity index (χ4v) is 1.97. The zero-order valence-electron chi connectivity index (χ0n) is 10.8. The molecular formula is C16H16N2O. The third-order valence-electron chi connectivity index (χ3n) is 2.78. The molecule has 0 saturated carbocycles. The molecule has 1 heterocycles. The normalized spacial score (nSPS) is 9.74. The number of carbonyl (C=O) groups excluding carboxylic acids is 1. The maximum absolute atomic E-state index is 11.1. The van der Waals surface area contributed by atoms with Crippen LogP contribution in [-0.2, 0) is 0 Å². The Morgan fingerprint density at radius 1 is 0.947 bits per heavy atom. The minimum absolute atomic E-state index is 0.432. The second kappa shape index (κ2) is 5.87. The monoisotopic (exact) mass is 252 g/mol. The summed E-state index contributed by atoms with van der Waals surface area (Å²) < 4.78 is 1.51. The zero-order chi connectivity index (χ0) is 13.7. The molecule has 3 rings (SSSR count). The van der Waals surface area contributed by atoms with Crippen molar-refractivity contribution in [1.29, 1.82) is 0 Å². The minimum atomic E-state index is -0.432. The van der Waals surface area contributed by atoms with Crippen LogP contribution < -0.4 is 5.73 Å². The van der Waals surface area contributed by atoms with Gasteiger partial charge in [-0.1, -0.05) is 54.6 Å². The number of nitrogens with two attached hydrogens (primary N) is 1. The number of rotatable bonds is 0. The Morgan fingerprint density at radius 2 is 1.47 bits per heavy atom. The van der Waals surface area contributed by atoms with E-state index >= 15 is 0 Å². The third-order valence-corrected chi connectivity index (χ3v) is 2.78. The van der Waals surface area contributed by atoms with Crippen molar-refractivity contribution in [3.05, 3.63) is 72.4 Å². The van der Waals surface area contributed by atoms with Gasteiger partial charge in [0.2, 0.25) is 0 Å². The van der Waals surface area contributed by atoms with E-state index in [0.29, 0.717) is 0 Å². The van der Waals surface area contributed by atoms with Gasteiger partial charge in [-0.15, -0.1) is 0 Å². The highest BCUT2D eigenvalue weighted by atomic mass is 16.2. The highest BCUT2D eigenvalue weighted by Crippen LogP contribution is 2.17. The minimum Gasteiger partial charge on any atom is -0.351 e. The lowest BCUT2D eigenvalue weighted by Crippen LogP contribution is -2.20. The molecule has 0 saturated heterocycles. The molecule has 0 fully saturated rings. The van der Waals surface area contributed by atoms with Gasteiger partial charge >= 0.3 is 6.03 Å². The highest BCUT2D eigenvalue weighted by Gasteiger charge is 2.07. The van der Waals surface area contributed by atoms with Gasteiger partial charge in [-0.05, 0) is 19.1 Å². The molecule has 0 atom stereocenters. The van der Waals surface area contributed by atoms with E-state index in [1.54, 1.807) is 0 Å². The molecule has 0 unspecified atom stereocenters. The van der Waals surface area contributed by atoms with Gasteiger partial charge in [-0.2, -0.15) is 0 Å². The maximum Gasteiger partial charge on any atom is 0.323 e. The van der Waals surface area contributed by atoms with Crippen LogP contribution in [0.15, 0.2) is 66.7 Å². The Bertz CT molecular complexity index is 645. The number of hydrogen-bond acceptors (Lipinski definition) is 1. The fourth-order valence-electron chi connectivity index (χ4n) is 1.97. The summed E-state index contributed by atoms with van der Waals surface area (Å²) in [5.74, 6) is 0. The Kier molecular flexibility index (Phi) is 3.98. The van der Waals surface area contributed by atoms with Gasteiger partial charge in [-0.25, -0.2) is 4.79 Å². The predicted molar refractivity (Wildman–Crippen MR) is 78.1 cm³/mol. The number of amides is 1. The SMILES string of the molecule is Cc1cc2ccccc2n1C(N)=O.c1ccccc1. The smallest absolute Gasteiger partial charge is 0.323 e. The summed E-state index contributed by atoms with van der Waals surface area (Å²) in [6.07, 6.45) is 0. The lowest BCUT2D eigenvalue weighted by Gasteiger charge is -2.00. The van der Waals surface area contributed by atoms with E-state index in [1.165, 1.54) is 4.57 Å². The van der Waals surface area contributed by atoms with Crippen LogP contribution in [0.2, 0.25) is 0 Å². The van der Waals surface area contributed by atoms with Gasteiger partial charge in [0.05, 0.1) is 5.52 Å². The molecular weight excluding hydrogens is 236 g/mol. The summed E-state index contributed by atoms with van der Waals surface area (Å²) in [6, 6.07) is 21.2. The average molecular weight is 252 g/mol. The first-order valence-electron chi connectivity index (χ1n) is 6.07. The van der Waals surface area contributed by atoms with Crippen LogP contribution >= 0.6 is 0 Å². The zero-order valence-corrected chi connectivity index (χ0v) is 10.8. The van der Waals surface area contributed by atoms with Gasteiger partial charge in [0, 0.05) is 11.1 Å². The number of hydrogen-bond donors (Lipinski definition) is 1. The van der Waals surface area contributed by atoms with E-state index < -0.39 is 6.03 Å². The summed E-state index contributed by atoms with van der Waals surface area (Å²) in [6.45, 7) is 1.87. The predicted octanol–water partition coefficient (Wildman–Crippen LogP) is 3.56. The largest absolute Gasteiger partial charge is 0.351 e. The van der Waals surface area contributed by atoms with Crippen LogP contribution in [0.4, 0.5) is 4.79 Å². The van der Waals surface area contributed by atoms with E-state index in [4.69, 9.17) is 5.73 Å². The summed E-state index contributed by atoms with van der Waals surface area (Å²) in [4.78, 5) is 11.1. The maximum atomic E-state index is 11.1. The Balaban J connectivity index is 0.000000186. The topological polar surface area (TPSA) is 48.0 Å². The number of primary amides is 1. The number of nitrogens with zero attached hydrogens (tertiary/aromatic N) is 1. The Labute approximate surface area is 112 Å². The molecule has 0 radical (unpaired) electrons. The molecule has 1 amide bonds. The number of fused-ring (bicyclic) bond motifs is 1. The van der Waals surface area contributed by atoms with Crippen molar-refractivity contribution < 1.29 is 4.79 Å². The van der Waals surface area contributed by atoms with Crippen LogP contribution in [0, 0.1) is 6.92 Å². The molecule has 2 N–H and O–H groups in total. The molecule has 0 aliphatic rings. The van der Waals surface area contributed by atoms with Crippen molar-refractivity contribution in [1.82, 2.24) is 4.57 Å². The van der Waals surface area contributed by atoms with Crippen LogP contribution in [0.3, 0.4) is 0 Å². The summed E-state index contributed by atoms with van der Waals surface area (Å²) in [5.41, 5.74) is 6.99. The number of aryl methyl sites for hydroxylation is 1. The molecule has 3 heteroatoms. The van der Waals surface area contributed by atoms with Gasteiger partial charge in [0.25, 0.3) is 0 Å². The summed E-state index contributed by atoms with van der Waals surface area (Å²) in [7, 11) is 0. The molecule has 1 aromatic heterocycles. The molecule has 96 valence electrons. The van der Waals surface area contributed by atoms with Crippen LogP contribution in [0.5, 0.6) is 0 Å². The quantitative estimate of drug-likeness (QED) is 0.653. The van der Waals surface area contributed by atoms with Crippen molar-refractivity contribution in [2.24, 2.45) is 5.73 Å². The average Bonchev–Trinajstić information content (AvgIpc) is 2.77. The molecule has 0 bridgehead atoms. The van der Waals surface area contributed by atoms with Gasteiger partial charge in [-0.3, -0.25) is 4.57 Å². The molecule has 0 spiro atoms. The van der Waals surface area contributed by atoms with E-state index in [-0.39, 0.29) is 0 Å². The second-order valence-electron chi connectivity index (χ2n) is 4.17. The van der Waals surface area contributed by atoms with Gasteiger partial charge in [0.15, 0.2) is 0 Å². The fraction of sp³-hybridized carbons (Fsp3) is 0.0625. The first-order valence-corrected chi connectivity index (χ1v) is 6.07. The van der Waals surface area contributed by atoms with E-state index in [1.807, 2.05) is 73.7 Å². The number of benzene rings is 2. The third kappa shape index (κ3) is 3.01. The van der Waals surface area contributed by atoms with Crippen molar-refractivity contribution in [3.8, 4) is 0 Å². The van der Waals surface area contributed by atoms with Crippen molar-refractivity contribution >= 4 is 16.9 Å². The number of para-hydroxylation sites is 1. The molecule has 19 heavy (non-hydrogen) atoms. The molecule has 0 aliphatic heterocycles. The Morgan fingerprint density at radius 3 is 2.00 bits per heavy atom. The number of carbonyl (C=O) groups is 1. The van der Waals surface area contributed by atoms with Crippen molar-refractivity contribution in [2.75, 3.05) is 0 Å². The number of aromatic nitrogens is 1. The van der Waals surface area contributed by atoms with E-state index in [9.17, 15) is 4.79 Å². The van der Waals surface area contributed by atoms with Crippen molar-refractivity contribution in [2.45, 2.75) is 6.92 Å². The first-order chi connectivity index (χ1) is 9.20. The lowest BCUT2D eigenvalue weighted by molar-refractivity contribution is 0.251. The van der Waals surface area contributed by atoms with Gasteiger partial charge in [0.1, 0.15) is 0 Å². The van der Waals surface area contributed by atoms with Gasteiger partial charge < -0.3 is 5.73 Å². The highest BCUT2D eigenvalue weighted by molar-refractivity contribution is 5.92. The standard InChI is InChI=1S/C10H10N2O.C6H6/c1-7-6-8-4-2-3-5-9(8)12(7)10(11)13;1-2-4-6-5-3-1/h2-6H,1H3,(H2,11,13);1-6H. The van der Waals surface area contributed by atoms with E-state index in [2.05, 4.69) is 0 Å². The Hall–Kier alpha value is -2.55. The molecule has 0 aliphatic carbocycles. The van der Waals surface area contributed by atoms with Crippen LogP contribution in [0.1, 0.15) is 5.69 Å². The van der Waals surface area contributed by atoms with Crippen LogP contribution in [-0.4, -0.2) is 10.6 Å². The summed E-state index contributed by atoms with van der Waals surface area (Å²) >= 11 is 0. The molecule has 2 aromatic carbocycles. The lowest BCUT2D eigenvalue weighted by atomic mass is 10.2. The van der Waals surface area contributed by atoms with Crippen LogP contribution in [0.25, 0.3) is 10.9 Å². The van der Waals surface area contributed by atoms with E-state index in [0.717, 1.165) is 16.6 Å². The molecule has 3 nitrogen and oxygen atoms in total. The second-order valence-corrected chi connectivity index (χ2v) is 4.17. The molecule has 3 aromatic rings. The summed E-state index contributed by atoms with van der Waals surface area (Å²) in [5, 5.41) is 1.04. The van der Waals surface area contributed by atoms with Crippen molar-refractivity contribution in [3.63, 3.8) is 0 Å². The first kappa shape index (κ1) is 12.9.